The molecule has 0 unspecified atom stereocenters. The van der Waals surface area contributed by atoms with Crippen LogP contribution >= 0.6 is 23.2 Å². The van der Waals surface area contributed by atoms with Gasteiger partial charge in [-0.3, -0.25) is 24.1 Å². The molecule has 4 aromatic rings. The van der Waals surface area contributed by atoms with Crippen molar-refractivity contribution < 1.29 is 4.74 Å². The van der Waals surface area contributed by atoms with Crippen LogP contribution in [0.25, 0.3) is 27.9 Å². The summed E-state index contributed by atoms with van der Waals surface area (Å²) < 4.78 is 7.59. The summed E-state index contributed by atoms with van der Waals surface area (Å²) >= 11 is 13.1. The zero-order valence-corrected chi connectivity index (χ0v) is 24.5. The molecule has 42 heavy (non-hydrogen) atoms. The van der Waals surface area contributed by atoms with E-state index in [1.165, 1.54) is 36.2 Å². The molecule has 0 saturated heterocycles. The molecular weight excluding hydrogens is 575 g/mol. The van der Waals surface area contributed by atoms with Gasteiger partial charge in [0, 0.05) is 45.3 Å². The SMILES string of the molecule is C/C=C(Cl)\C(=C/C1CCCCC1)COc1cc(Cl)cc(-c2cc(-c3c[nH]c(=O)[nH]c3=O)cn(-c3cccnc3)c2=O)c1. The summed E-state index contributed by atoms with van der Waals surface area (Å²) in [6, 6.07) is 10.1. The number of benzene rings is 1. The van der Waals surface area contributed by atoms with Crippen LogP contribution in [0.15, 0.2) is 98.3 Å². The average Bonchev–Trinajstić information content (AvgIpc) is 3.00. The normalized spacial score (nSPS) is 14.6. The smallest absolute Gasteiger partial charge is 0.325 e. The van der Waals surface area contributed by atoms with Crippen molar-refractivity contribution in [3.8, 4) is 33.7 Å². The van der Waals surface area contributed by atoms with E-state index in [4.69, 9.17) is 27.9 Å². The van der Waals surface area contributed by atoms with E-state index in [-0.39, 0.29) is 23.3 Å². The fraction of sp³-hybridized carbons (Fsp3) is 0.250. The van der Waals surface area contributed by atoms with Gasteiger partial charge < -0.3 is 9.72 Å². The van der Waals surface area contributed by atoms with Crippen molar-refractivity contribution in [2.45, 2.75) is 39.0 Å². The number of hydrogen-bond acceptors (Lipinski definition) is 5. The second-order valence-corrected chi connectivity index (χ2v) is 11.0. The lowest BCUT2D eigenvalue weighted by molar-refractivity contribution is 0.351. The number of aromatic amines is 2. The molecule has 5 rings (SSSR count). The van der Waals surface area contributed by atoms with Crippen LogP contribution in [0.4, 0.5) is 0 Å². The van der Waals surface area contributed by atoms with E-state index >= 15 is 0 Å². The molecular formula is C32H30Cl2N4O4. The molecule has 0 radical (unpaired) electrons. The molecule has 0 spiro atoms. The lowest BCUT2D eigenvalue weighted by Gasteiger charge is -2.20. The predicted molar refractivity (Wildman–Crippen MR) is 167 cm³/mol. The first-order chi connectivity index (χ1) is 20.3. The van der Waals surface area contributed by atoms with Crippen molar-refractivity contribution in [1.29, 1.82) is 0 Å². The Bertz CT molecular complexity index is 1820. The summed E-state index contributed by atoms with van der Waals surface area (Å²) in [4.78, 5) is 47.0. The van der Waals surface area contributed by atoms with Crippen LogP contribution in [-0.4, -0.2) is 26.1 Å². The summed E-state index contributed by atoms with van der Waals surface area (Å²) in [6.45, 7) is 2.13. The number of nitrogens with one attached hydrogen (secondary N) is 2. The Morgan fingerprint density at radius 2 is 1.90 bits per heavy atom. The predicted octanol–water partition coefficient (Wildman–Crippen LogP) is 6.62. The first kappa shape index (κ1) is 29.4. The topological polar surface area (TPSA) is 110 Å². The Labute approximate surface area is 252 Å². The van der Waals surface area contributed by atoms with Gasteiger partial charge >= 0.3 is 5.69 Å². The van der Waals surface area contributed by atoms with Gasteiger partial charge in [-0.1, -0.05) is 54.6 Å². The maximum Gasteiger partial charge on any atom is 0.325 e. The van der Waals surface area contributed by atoms with Crippen LogP contribution in [0.2, 0.25) is 5.02 Å². The molecule has 1 aromatic carbocycles. The number of ether oxygens (including phenoxy) is 1. The molecule has 1 fully saturated rings. The largest absolute Gasteiger partial charge is 0.489 e. The van der Waals surface area contributed by atoms with Gasteiger partial charge in [0.05, 0.1) is 17.4 Å². The molecule has 10 heteroatoms. The molecule has 0 aliphatic heterocycles. The molecule has 8 nitrogen and oxygen atoms in total. The van der Waals surface area contributed by atoms with Crippen LogP contribution in [0.3, 0.4) is 0 Å². The highest BCUT2D eigenvalue weighted by Gasteiger charge is 2.17. The highest BCUT2D eigenvalue weighted by Crippen LogP contribution is 2.31. The summed E-state index contributed by atoms with van der Waals surface area (Å²) in [5.41, 5.74) is 1.21. The third kappa shape index (κ3) is 6.83. The number of halogens is 2. The number of hydrogen-bond donors (Lipinski definition) is 2. The molecule has 1 saturated carbocycles. The quantitative estimate of drug-likeness (QED) is 0.219. The molecule has 3 heterocycles. The first-order valence-electron chi connectivity index (χ1n) is 13.8. The number of pyridine rings is 2. The van der Waals surface area contributed by atoms with Crippen LogP contribution in [0.5, 0.6) is 5.75 Å². The zero-order valence-electron chi connectivity index (χ0n) is 23.0. The van der Waals surface area contributed by atoms with Gasteiger partial charge in [0.15, 0.2) is 0 Å². The van der Waals surface area contributed by atoms with E-state index in [0.29, 0.717) is 38.5 Å². The van der Waals surface area contributed by atoms with E-state index in [1.54, 1.807) is 48.8 Å². The Morgan fingerprint density at radius 1 is 1.10 bits per heavy atom. The maximum atomic E-state index is 13.8. The van der Waals surface area contributed by atoms with Gasteiger partial charge in [-0.05, 0) is 67.6 Å². The highest BCUT2D eigenvalue weighted by atomic mass is 35.5. The fourth-order valence-corrected chi connectivity index (χ4v) is 5.52. The van der Waals surface area contributed by atoms with Crippen molar-refractivity contribution >= 4 is 23.2 Å². The van der Waals surface area contributed by atoms with Crippen molar-refractivity contribution in [1.82, 2.24) is 19.5 Å². The van der Waals surface area contributed by atoms with E-state index in [2.05, 4.69) is 21.0 Å². The molecule has 216 valence electrons. The minimum atomic E-state index is -0.629. The van der Waals surface area contributed by atoms with E-state index in [0.717, 1.165) is 18.4 Å². The summed E-state index contributed by atoms with van der Waals surface area (Å²) in [7, 11) is 0. The van der Waals surface area contributed by atoms with Crippen molar-refractivity contribution in [2.24, 2.45) is 5.92 Å². The highest BCUT2D eigenvalue weighted by molar-refractivity contribution is 6.32. The number of nitrogens with zero attached hydrogens (tertiary/aromatic N) is 2. The first-order valence-corrected chi connectivity index (χ1v) is 14.5. The van der Waals surface area contributed by atoms with Gasteiger partial charge in [-0.2, -0.15) is 0 Å². The third-order valence-corrected chi connectivity index (χ3v) is 7.97. The van der Waals surface area contributed by atoms with Crippen LogP contribution in [0.1, 0.15) is 39.0 Å². The minimum Gasteiger partial charge on any atom is -0.489 e. The number of rotatable bonds is 8. The number of aromatic nitrogens is 4. The van der Waals surface area contributed by atoms with Crippen molar-refractivity contribution in [3.63, 3.8) is 0 Å². The molecule has 1 aliphatic rings. The molecule has 0 amide bonds. The van der Waals surface area contributed by atoms with Crippen LogP contribution in [0, 0.1) is 5.92 Å². The zero-order chi connectivity index (χ0) is 29.6. The summed E-state index contributed by atoms with van der Waals surface area (Å²) in [5, 5.41) is 1.01. The fourth-order valence-electron chi connectivity index (χ4n) is 5.18. The van der Waals surface area contributed by atoms with E-state index in [9.17, 15) is 14.4 Å². The van der Waals surface area contributed by atoms with Gasteiger partial charge in [0.2, 0.25) is 0 Å². The van der Waals surface area contributed by atoms with Gasteiger partial charge in [-0.25, -0.2) is 4.79 Å². The van der Waals surface area contributed by atoms with Crippen LogP contribution in [-0.2, 0) is 0 Å². The molecule has 2 N–H and O–H groups in total. The Hall–Kier alpha value is -4.14. The summed E-state index contributed by atoms with van der Waals surface area (Å²) in [5.74, 6) is 0.929. The van der Waals surface area contributed by atoms with Gasteiger partial charge in [0.25, 0.3) is 11.1 Å². The monoisotopic (exact) mass is 604 g/mol. The Kier molecular flexibility index (Phi) is 9.25. The number of allylic oxidation sites excluding steroid dienone is 2. The van der Waals surface area contributed by atoms with Crippen molar-refractivity contribution in [3.05, 3.63) is 120 Å². The minimum absolute atomic E-state index is 0.186. The second-order valence-electron chi connectivity index (χ2n) is 10.2. The molecule has 3 aromatic heterocycles. The lowest BCUT2D eigenvalue weighted by atomic mass is 9.88. The molecule has 0 bridgehead atoms. The van der Waals surface area contributed by atoms with Gasteiger partial charge in [-0.15, -0.1) is 0 Å². The Balaban J connectivity index is 1.56. The average molecular weight is 606 g/mol. The van der Waals surface area contributed by atoms with Crippen molar-refractivity contribution in [2.75, 3.05) is 6.61 Å². The summed E-state index contributed by atoms with van der Waals surface area (Å²) in [6.07, 6.45) is 16.0. The van der Waals surface area contributed by atoms with Gasteiger partial charge in [0.1, 0.15) is 12.4 Å². The second kappa shape index (κ2) is 13.2. The standard InChI is InChI=1S/C32H30Cl2N4O4/c1-2-29(34)23(11-20-7-4-3-5-8-20)19-42-26-13-21(12-24(33)15-26)27-14-22(28-17-36-32(41)37-30(28)39)18-38(31(27)40)25-9-6-10-35-16-25/h2,6,9-18,20H,3-5,7-8,19H2,1H3,(H2,36,37,39,41)/b23-11-,29-2+. The number of H-pyrrole nitrogens is 2. The Morgan fingerprint density at radius 3 is 2.62 bits per heavy atom. The lowest BCUT2D eigenvalue weighted by Crippen LogP contribution is -2.24. The van der Waals surface area contributed by atoms with E-state index in [1.807, 2.05) is 13.0 Å². The molecule has 0 atom stereocenters. The van der Waals surface area contributed by atoms with Crippen LogP contribution < -0.4 is 21.5 Å². The van der Waals surface area contributed by atoms with E-state index < -0.39 is 11.2 Å². The maximum absolute atomic E-state index is 13.8. The molecule has 1 aliphatic carbocycles. The third-order valence-electron chi connectivity index (χ3n) is 7.30.